The van der Waals surface area contributed by atoms with Crippen LogP contribution in [0, 0.1) is 0 Å². The highest BCUT2D eigenvalue weighted by Crippen LogP contribution is 2.29. The van der Waals surface area contributed by atoms with Crippen LogP contribution in [-0.2, 0) is 9.59 Å². The molecule has 5 heteroatoms. The van der Waals surface area contributed by atoms with E-state index < -0.39 is 0 Å². The molecule has 0 atom stereocenters. The SMILES string of the molecule is CC(=O)NCCC(=O)Nc1ccccc1Oc1ccccc1. The smallest absolute Gasteiger partial charge is 0.226 e. The van der Waals surface area contributed by atoms with E-state index in [1.807, 2.05) is 42.5 Å². The minimum Gasteiger partial charge on any atom is -0.455 e. The van der Waals surface area contributed by atoms with Crippen molar-refractivity contribution in [2.75, 3.05) is 11.9 Å². The Morgan fingerprint density at radius 2 is 1.68 bits per heavy atom. The maximum atomic E-state index is 11.9. The molecule has 0 aliphatic heterocycles. The van der Waals surface area contributed by atoms with Gasteiger partial charge in [-0.2, -0.15) is 0 Å². The van der Waals surface area contributed by atoms with E-state index >= 15 is 0 Å². The molecule has 2 rings (SSSR count). The third kappa shape index (κ3) is 4.94. The summed E-state index contributed by atoms with van der Waals surface area (Å²) in [6.45, 7) is 1.73. The number of carbonyl (C=O) groups is 2. The molecular weight excluding hydrogens is 280 g/mol. The number of anilines is 1. The Kier molecular flexibility index (Phi) is 5.54. The zero-order chi connectivity index (χ0) is 15.8. The van der Waals surface area contributed by atoms with Crippen molar-refractivity contribution in [3.8, 4) is 11.5 Å². The topological polar surface area (TPSA) is 67.4 Å². The first-order chi connectivity index (χ1) is 10.6. The molecule has 22 heavy (non-hydrogen) atoms. The monoisotopic (exact) mass is 298 g/mol. The highest BCUT2D eigenvalue weighted by atomic mass is 16.5. The van der Waals surface area contributed by atoms with Crippen molar-refractivity contribution < 1.29 is 14.3 Å². The number of benzene rings is 2. The van der Waals surface area contributed by atoms with Gasteiger partial charge in [0.15, 0.2) is 5.75 Å². The van der Waals surface area contributed by atoms with E-state index in [1.165, 1.54) is 6.92 Å². The van der Waals surface area contributed by atoms with Gasteiger partial charge in [0.1, 0.15) is 5.75 Å². The van der Waals surface area contributed by atoms with Gasteiger partial charge in [0.2, 0.25) is 11.8 Å². The molecule has 114 valence electrons. The maximum Gasteiger partial charge on any atom is 0.226 e. The largest absolute Gasteiger partial charge is 0.455 e. The van der Waals surface area contributed by atoms with Crippen molar-refractivity contribution in [2.45, 2.75) is 13.3 Å². The summed E-state index contributed by atoms with van der Waals surface area (Å²) in [5.74, 6) is 0.933. The van der Waals surface area contributed by atoms with Crippen molar-refractivity contribution in [1.29, 1.82) is 0 Å². The Morgan fingerprint density at radius 3 is 2.41 bits per heavy atom. The second-order valence-corrected chi connectivity index (χ2v) is 4.69. The lowest BCUT2D eigenvalue weighted by molar-refractivity contribution is -0.119. The summed E-state index contributed by atoms with van der Waals surface area (Å²) in [6.07, 6.45) is 0.208. The summed E-state index contributed by atoms with van der Waals surface area (Å²) < 4.78 is 5.77. The van der Waals surface area contributed by atoms with E-state index in [4.69, 9.17) is 4.74 Å². The molecule has 0 unspecified atom stereocenters. The second-order valence-electron chi connectivity index (χ2n) is 4.69. The van der Waals surface area contributed by atoms with Crippen LogP contribution in [0.5, 0.6) is 11.5 Å². The molecule has 0 radical (unpaired) electrons. The van der Waals surface area contributed by atoms with Crippen molar-refractivity contribution in [1.82, 2.24) is 5.32 Å². The van der Waals surface area contributed by atoms with Gasteiger partial charge in [0, 0.05) is 19.9 Å². The van der Waals surface area contributed by atoms with E-state index in [1.54, 1.807) is 12.1 Å². The molecule has 0 heterocycles. The summed E-state index contributed by atoms with van der Waals surface area (Å²) in [7, 11) is 0. The number of hydrogen-bond acceptors (Lipinski definition) is 3. The van der Waals surface area contributed by atoms with Crippen LogP contribution in [-0.4, -0.2) is 18.4 Å². The highest BCUT2D eigenvalue weighted by molar-refractivity contribution is 5.92. The fraction of sp³-hybridized carbons (Fsp3) is 0.176. The molecule has 2 aromatic carbocycles. The van der Waals surface area contributed by atoms with Crippen LogP contribution in [0.2, 0.25) is 0 Å². The number of para-hydroxylation sites is 3. The van der Waals surface area contributed by atoms with Crippen LogP contribution in [0.1, 0.15) is 13.3 Å². The Labute approximate surface area is 129 Å². The number of amides is 2. The first-order valence-electron chi connectivity index (χ1n) is 7.01. The van der Waals surface area contributed by atoms with Gasteiger partial charge in [-0.25, -0.2) is 0 Å². The van der Waals surface area contributed by atoms with Gasteiger partial charge in [0.25, 0.3) is 0 Å². The molecule has 2 aromatic rings. The van der Waals surface area contributed by atoms with Crippen LogP contribution in [0.4, 0.5) is 5.69 Å². The molecule has 0 fully saturated rings. The molecular formula is C17H18N2O3. The minimum atomic E-state index is -0.183. The summed E-state index contributed by atoms with van der Waals surface area (Å²) in [6, 6.07) is 16.6. The number of rotatable bonds is 6. The lowest BCUT2D eigenvalue weighted by Gasteiger charge is -2.12. The average molecular weight is 298 g/mol. The maximum absolute atomic E-state index is 11.9. The summed E-state index contributed by atoms with van der Waals surface area (Å²) in [4.78, 5) is 22.7. The van der Waals surface area contributed by atoms with Gasteiger partial charge < -0.3 is 15.4 Å². The van der Waals surface area contributed by atoms with Gasteiger partial charge in [-0.1, -0.05) is 30.3 Å². The Balaban J connectivity index is 1.99. The normalized spacial score (nSPS) is 9.86. The third-order valence-electron chi connectivity index (χ3n) is 2.86. The fourth-order valence-electron chi connectivity index (χ4n) is 1.84. The van der Waals surface area contributed by atoms with Crippen LogP contribution < -0.4 is 15.4 Å². The predicted octanol–water partition coefficient (Wildman–Crippen LogP) is 2.94. The Bertz CT molecular complexity index is 641. The zero-order valence-corrected chi connectivity index (χ0v) is 12.3. The summed E-state index contributed by atoms with van der Waals surface area (Å²) in [5.41, 5.74) is 0.596. The molecule has 2 N–H and O–H groups in total. The van der Waals surface area contributed by atoms with E-state index in [9.17, 15) is 9.59 Å². The standard InChI is InChI=1S/C17H18N2O3/c1-13(20)18-12-11-17(21)19-15-9-5-6-10-16(15)22-14-7-3-2-4-8-14/h2-10H,11-12H2,1H3,(H,18,20)(H,19,21). The number of ether oxygens (including phenoxy) is 1. The minimum absolute atomic E-state index is 0.152. The van der Waals surface area contributed by atoms with Crippen LogP contribution in [0.15, 0.2) is 54.6 Å². The average Bonchev–Trinajstić information content (AvgIpc) is 2.50. The summed E-state index contributed by atoms with van der Waals surface area (Å²) >= 11 is 0. The third-order valence-corrected chi connectivity index (χ3v) is 2.86. The van der Waals surface area contributed by atoms with Gasteiger partial charge in [0.05, 0.1) is 5.69 Å². The molecule has 2 amide bonds. The quantitative estimate of drug-likeness (QED) is 0.861. The van der Waals surface area contributed by atoms with Crippen LogP contribution >= 0.6 is 0 Å². The number of hydrogen-bond donors (Lipinski definition) is 2. The van der Waals surface area contributed by atoms with Crippen LogP contribution in [0.3, 0.4) is 0 Å². The van der Waals surface area contributed by atoms with E-state index in [0.29, 0.717) is 23.7 Å². The zero-order valence-electron chi connectivity index (χ0n) is 12.3. The molecule has 0 aromatic heterocycles. The Morgan fingerprint density at radius 1 is 1.00 bits per heavy atom. The molecule has 0 saturated heterocycles. The van der Waals surface area contributed by atoms with E-state index in [0.717, 1.165) is 0 Å². The number of nitrogens with one attached hydrogen (secondary N) is 2. The van der Waals surface area contributed by atoms with Gasteiger partial charge >= 0.3 is 0 Å². The molecule has 5 nitrogen and oxygen atoms in total. The predicted molar refractivity (Wildman–Crippen MR) is 84.9 cm³/mol. The first kappa shape index (κ1) is 15.6. The van der Waals surface area contributed by atoms with E-state index in [-0.39, 0.29) is 18.2 Å². The van der Waals surface area contributed by atoms with Gasteiger partial charge in [-0.05, 0) is 24.3 Å². The second kappa shape index (κ2) is 7.83. The fourth-order valence-corrected chi connectivity index (χ4v) is 1.84. The van der Waals surface area contributed by atoms with Crippen molar-refractivity contribution >= 4 is 17.5 Å². The molecule has 0 saturated carbocycles. The molecule has 0 bridgehead atoms. The Hall–Kier alpha value is -2.82. The van der Waals surface area contributed by atoms with Crippen molar-refractivity contribution in [3.05, 3.63) is 54.6 Å². The molecule has 0 aliphatic carbocycles. The van der Waals surface area contributed by atoms with Gasteiger partial charge in [-0.15, -0.1) is 0 Å². The lowest BCUT2D eigenvalue weighted by Crippen LogP contribution is -2.25. The van der Waals surface area contributed by atoms with E-state index in [2.05, 4.69) is 10.6 Å². The number of carbonyl (C=O) groups excluding carboxylic acids is 2. The molecule has 0 aliphatic rings. The molecule has 0 spiro atoms. The first-order valence-corrected chi connectivity index (χ1v) is 7.01. The lowest BCUT2D eigenvalue weighted by atomic mass is 10.2. The van der Waals surface area contributed by atoms with Crippen molar-refractivity contribution in [2.24, 2.45) is 0 Å². The van der Waals surface area contributed by atoms with Crippen molar-refractivity contribution in [3.63, 3.8) is 0 Å². The van der Waals surface area contributed by atoms with Gasteiger partial charge in [-0.3, -0.25) is 9.59 Å². The van der Waals surface area contributed by atoms with Crippen LogP contribution in [0.25, 0.3) is 0 Å². The highest BCUT2D eigenvalue weighted by Gasteiger charge is 2.08. The summed E-state index contributed by atoms with van der Waals surface area (Å²) in [5, 5.41) is 5.37.